The molecule has 0 spiro atoms. The minimum atomic E-state index is 0.653. The normalized spacial score (nSPS) is 10.1. The molecule has 0 saturated carbocycles. The van der Waals surface area contributed by atoms with Crippen LogP contribution in [0.5, 0.6) is 0 Å². The predicted octanol–water partition coefficient (Wildman–Crippen LogP) is 6.08. The third-order valence-corrected chi connectivity index (χ3v) is 3.11. The summed E-state index contributed by atoms with van der Waals surface area (Å²) < 4.78 is 0. The van der Waals surface area contributed by atoms with Gasteiger partial charge in [0.1, 0.15) is 0 Å². The number of halogens is 1. The van der Waals surface area contributed by atoms with E-state index in [2.05, 4.69) is 51.1 Å². The highest BCUT2D eigenvalue weighted by Gasteiger charge is 1.96. The summed E-state index contributed by atoms with van der Waals surface area (Å²) in [6.07, 6.45) is 0. The van der Waals surface area contributed by atoms with Gasteiger partial charge in [0, 0.05) is 5.02 Å². The maximum absolute atomic E-state index is 5.75. The lowest BCUT2D eigenvalue weighted by Gasteiger charge is -2.04. The molecule has 19 heavy (non-hydrogen) atoms. The van der Waals surface area contributed by atoms with Crippen molar-refractivity contribution in [3.05, 3.63) is 69.7 Å². The first-order chi connectivity index (χ1) is 8.88. The third-order valence-electron chi connectivity index (χ3n) is 2.90. The van der Waals surface area contributed by atoms with Crippen molar-refractivity contribution in [2.75, 3.05) is 0 Å². The van der Waals surface area contributed by atoms with E-state index in [0.29, 0.717) is 5.92 Å². The molecule has 0 atom stereocenters. The highest BCUT2D eigenvalue weighted by molar-refractivity contribution is 6.30. The van der Waals surface area contributed by atoms with Crippen LogP contribution in [0.4, 0.5) is 0 Å². The van der Waals surface area contributed by atoms with E-state index >= 15 is 0 Å². The average Bonchev–Trinajstić information content (AvgIpc) is 2.27. The second kappa shape index (κ2) is 7.35. The summed E-state index contributed by atoms with van der Waals surface area (Å²) in [5.74, 6) is 0.653. The van der Waals surface area contributed by atoms with Gasteiger partial charge in [-0.25, -0.2) is 0 Å². The molecule has 0 aliphatic carbocycles. The molecule has 1 heteroatoms. The van der Waals surface area contributed by atoms with Crippen molar-refractivity contribution in [3.63, 3.8) is 0 Å². The summed E-state index contributed by atoms with van der Waals surface area (Å²) in [6.45, 7) is 10.6. The Hall–Kier alpha value is -1.27. The van der Waals surface area contributed by atoms with Gasteiger partial charge in [-0.1, -0.05) is 61.3 Å². The molecule has 0 aliphatic rings. The van der Waals surface area contributed by atoms with E-state index in [0.717, 1.165) is 5.02 Å². The molecule has 0 saturated heterocycles. The summed E-state index contributed by atoms with van der Waals surface area (Å²) in [4.78, 5) is 0. The van der Waals surface area contributed by atoms with Crippen LogP contribution in [0.15, 0.2) is 42.5 Å². The quantitative estimate of drug-likeness (QED) is 0.591. The van der Waals surface area contributed by atoms with Crippen LogP contribution in [-0.2, 0) is 0 Å². The Morgan fingerprint density at radius 3 is 1.74 bits per heavy atom. The minimum absolute atomic E-state index is 0.653. The molecule has 2 rings (SSSR count). The highest BCUT2D eigenvalue weighted by Crippen LogP contribution is 2.14. The Morgan fingerprint density at radius 1 is 0.789 bits per heavy atom. The van der Waals surface area contributed by atoms with E-state index in [1.165, 1.54) is 22.3 Å². The van der Waals surface area contributed by atoms with Gasteiger partial charge in [0.2, 0.25) is 0 Å². The third kappa shape index (κ3) is 5.94. The number of benzene rings is 2. The summed E-state index contributed by atoms with van der Waals surface area (Å²) >= 11 is 5.75. The van der Waals surface area contributed by atoms with E-state index < -0.39 is 0 Å². The van der Waals surface area contributed by atoms with Crippen molar-refractivity contribution in [3.8, 4) is 0 Å². The Balaban J connectivity index is 0.000000191. The first-order valence-electron chi connectivity index (χ1n) is 6.69. The second-order valence-corrected chi connectivity index (χ2v) is 5.81. The van der Waals surface area contributed by atoms with E-state index in [1.54, 1.807) is 0 Å². The van der Waals surface area contributed by atoms with Crippen LogP contribution < -0.4 is 0 Å². The number of aryl methyl sites for hydroxylation is 3. The van der Waals surface area contributed by atoms with Crippen molar-refractivity contribution < 1.29 is 0 Å². The topological polar surface area (TPSA) is 0 Å². The molecule has 0 heterocycles. The zero-order valence-corrected chi connectivity index (χ0v) is 13.3. The Bertz CT molecular complexity index is 476. The van der Waals surface area contributed by atoms with E-state index in [1.807, 2.05) is 26.0 Å². The Morgan fingerprint density at radius 2 is 1.37 bits per heavy atom. The Labute approximate surface area is 122 Å². The number of hydrogen-bond acceptors (Lipinski definition) is 0. The van der Waals surface area contributed by atoms with Gasteiger partial charge in [-0.2, -0.15) is 0 Å². The molecule has 0 bridgehead atoms. The van der Waals surface area contributed by atoms with Crippen molar-refractivity contribution in [2.45, 2.75) is 40.5 Å². The van der Waals surface area contributed by atoms with Crippen molar-refractivity contribution >= 4 is 11.6 Å². The maximum Gasteiger partial charge on any atom is 0.0411 e. The molecular formula is C18H23Cl. The average molecular weight is 275 g/mol. The number of rotatable bonds is 1. The lowest BCUT2D eigenvalue weighted by atomic mass is 10.0. The van der Waals surface area contributed by atoms with Crippen LogP contribution in [0.2, 0.25) is 5.02 Å². The largest absolute Gasteiger partial charge is 0.0843 e. The molecule has 0 nitrogen and oxygen atoms in total. The fraction of sp³-hybridized carbons (Fsp3) is 0.333. The van der Waals surface area contributed by atoms with Crippen LogP contribution in [0, 0.1) is 20.8 Å². The van der Waals surface area contributed by atoms with Gasteiger partial charge < -0.3 is 0 Å². The van der Waals surface area contributed by atoms with Gasteiger partial charge in [0.15, 0.2) is 0 Å². The molecule has 0 aliphatic heterocycles. The lowest BCUT2D eigenvalue weighted by molar-refractivity contribution is 0.865. The molecule has 102 valence electrons. The molecular weight excluding hydrogens is 252 g/mol. The van der Waals surface area contributed by atoms with Crippen LogP contribution in [0.3, 0.4) is 0 Å². The summed E-state index contributed by atoms with van der Waals surface area (Å²) in [7, 11) is 0. The first-order valence-corrected chi connectivity index (χ1v) is 7.06. The minimum Gasteiger partial charge on any atom is -0.0843 e. The zero-order chi connectivity index (χ0) is 14.4. The molecule has 0 aromatic heterocycles. The number of hydrogen-bond donors (Lipinski definition) is 0. The van der Waals surface area contributed by atoms with Crippen molar-refractivity contribution in [1.82, 2.24) is 0 Å². The van der Waals surface area contributed by atoms with Gasteiger partial charge in [-0.05, 0) is 55.5 Å². The van der Waals surface area contributed by atoms with E-state index in [4.69, 9.17) is 11.6 Å². The molecule has 0 radical (unpaired) electrons. The van der Waals surface area contributed by atoms with Gasteiger partial charge in [0.05, 0.1) is 0 Å². The van der Waals surface area contributed by atoms with E-state index in [-0.39, 0.29) is 0 Å². The van der Waals surface area contributed by atoms with Crippen molar-refractivity contribution in [1.29, 1.82) is 0 Å². The molecule has 0 fully saturated rings. The zero-order valence-electron chi connectivity index (χ0n) is 12.5. The van der Waals surface area contributed by atoms with Crippen molar-refractivity contribution in [2.24, 2.45) is 0 Å². The second-order valence-electron chi connectivity index (χ2n) is 5.37. The van der Waals surface area contributed by atoms with Gasteiger partial charge in [-0.15, -0.1) is 0 Å². The van der Waals surface area contributed by atoms with Gasteiger partial charge in [-0.3, -0.25) is 0 Å². The Kier molecular flexibility index (Phi) is 6.11. The summed E-state index contributed by atoms with van der Waals surface area (Å²) in [5, 5.41) is 0.826. The smallest absolute Gasteiger partial charge is 0.0411 e. The molecule has 0 unspecified atom stereocenters. The van der Waals surface area contributed by atoms with Crippen LogP contribution in [0.1, 0.15) is 42.0 Å². The van der Waals surface area contributed by atoms with Crippen LogP contribution in [0.25, 0.3) is 0 Å². The first kappa shape index (κ1) is 15.8. The van der Waals surface area contributed by atoms with Gasteiger partial charge >= 0.3 is 0 Å². The standard InChI is InChI=1S/C10H14.C8H9Cl/c1-8(2)10-6-4-5-9(3)7-10;1-6-3-7(2)5-8(9)4-6/h4-8H,1-3H3;3-5H,1-2H3. The highest BCUT2D eigenvalue weighted by atomic mass is 35.5. The molecule has 2 aromatic rings. The van der Waals surface area contributed by atoms with Crippen LogP contribution >= 0.6 is 11.6 Å². The predicted molar refractivity (Wildman–Crippen MR) is 86.2 cm³/mol. The molecule has 0 amide bonds. The fourth-order valence-corrected chi connectivity index (χ4v) is 2.29. The SMILES string of the molecule is Cc1cc(C)cc(Cl)c1.Cc1cccc(C(C)C)c1. The maximum atomic E-state index is 5.75. The van der Waals surface area contributed by atoms with E-state index in [9.17, 15) is 0 Å². The summed E-state index contributed by atoms with van der Waals surface area (Å²) in [5.41, 5.74) is 5.23. The van der Waals surface area contributed by atoms with Gasteiger partial charge in [0.25, 0.3) is 0 Å². The monoisotopic (exact) mass is 274 g/mol. The fourth-order valence-electron chi connectivity index (χ4n) is 1.95. The summed E-state index contributed by atoms with van der Waals surface area (Å²) in [6, 6.07) is 14.7. The lowest BCUT2D eigenvalue weighted by Crippen LogP contribution is -1.86. The van der Waals surface area contributed by atoms with Crippen LogP contribution in [-0.4, -0.2) is 0 Å². The molecule has 0 N–H and O–H groups in total. The molecule has 2 aromatic carbocycles.